The Labute approximate surface area is 180 Å². The van der Waals surface area contributed by atoms with E-state index in [1.165, 1.54) is 14.0 Å². The standard InChI is InChI=1S/C24H36O6/c1-5-6-9-16(2)21(26)13-12-19-20-14-18(10-7-8-11-24(27)28-4)30-23(20)15-22(19)29-17(3)25/h12-13,16,18-23,26H,7-11,14-15H2,1-4H3/t16?,18-,19-,20-,21-,22-,23+/m1/s1. The summed E-state index contributed by atoms with van der Waals surface area (Å²) in [5, 5.41) is 10.4. The molecule has 2 fully saturated rings. The van der Waals surface area contributed by atoms with E-state index in [0.717, 1.165) is 25.7 Å². The highest BCUT2D eigenvalue weighted by Gasteiger charge is 2.49. The molecular weight excluding hydrogens is 384 g/mol. The number of rotatable bonds is 10. The highest BCUT2D eigenvalue weighted by molar-refractivity contribution is 5.69. The monoisotopic (exact) mass is 420 g/mol. The number of methoxy groups -OCH3 is 1. The first-order chi connectivity index (χ1) is 14.3. The Morgan fingerprint density at radius 1 is 1.30 bits per heavy atom. The van der Waals surface area contributed by atoms with Crippen LogP contribution in [0.2, 0.25) is 0 Å². The van der Waals surface area contributed by atoms with Crippen molar-refractivity contribution in [2.24, 2.45) is 17.8 Å². The summed E-state index contributed by atoms with van der Waals surface area (Å²) in [7, 11) is 1.41. The van der Waals surface area contributed by atoms with E-state index in [1.807, 2.05) is 19.1 Å². The number of carbonyl (C=O) groups excluding carboxylic acids is 2. The number of ether oxygens (including phenoxy) is 3. The fraction of sp³-hybridized carbons (Fsp3) is 0.750. The number of aliphatic hydroxyl groups excluding tert-OH is 1. The maximum absolute atomic E-state index is 11.6. The molecule has 1 saturated carbocycles. The molecule has 1 unspecified atom stereocenters. The average Bonchev–Trinajstić information content (AvgIpc) is 3.23. The summed E-state index contributed by atoms with van der Waals surface area (Å²) in [6.45, 7) is 5.20. The maximum atomic E-state index is 11.6. The van der Waals surface area contributed by atoms with Gasteiger partial charge < -0.3 is 19.3 Å². The molecule has 1 aliphatic carbocycles. The van der Waals surface area contributed by atoms with Crippen LogP contribution in [-0.4, -0.2) is 48.6 Å². The van der Waals surface area contributed by atoms with Gasteiger partial charge in [0.1, 0.15) is 6.10 Å². The lowest BCUT2D eigenvalue weighted by atomic mass is 9.88. The van der Waals surface area contributed by atoms with Crippen molar-refractivity contribution in [1.29, 1.82) is 0 Å². The van der Waals surface area contributed by atoms with Gasteiger partial charge in [0.15, 0.2) is 0 Å². The van der Waals surface area contributed by atoms with Crippen molar-refractivity contribution in [3.05, 3.63) is 12.2 Å². The van der Waals surface area contributed by atoms with E-state index < -0.39 is 6.10 Å². The summed E-state index contributed by atoms with van der Waals surface area (Å²) < 4.78 is 16.5. The quantitative estimate of drug-likeness (QED) is 0.252. The molecule has 2 rings (SSSR count). The van der Waals surface area contributed by atoms with E-state index in [1.54, 1.807) is 6.92 Å². The van der Waals surface area contributed by atoms with Crippen LogP contribution in [0.4, 0.5) is 0 Å². The smallest absolute Gasteiger partial charge is 0.305 e. The minimum Gasteiger partial charge on any atom is -0.469 e. The molecule has 1 N–H and O–H groups in total. The topological polar surface area (TPSA) is 82.1 Å². The van der Waals surface area contributed by atoms with Crippen LogP contribution in [0.15, 0.2) is 12.2 Å². The highest BCUT2D eigenvalue weighted by Crippen LogP contribution is 2.46. The second kappa shape index (κ2) is 12.1. The predicted molar refractivity (Wildman–Crippen MR) is 113 cm³/mol. The number of aliphatic hydroxyl groups is 1. The van der Waals surface area contributed by atoms with E-state index in [4.69, 9.17) is 9.47 Å². The summed E-state index contributed by atoms with van der Waals surface area (Å²) in [5.41, 5.74) is 0. The molecule has 6 nitrogen and oxygen atoms in total. The largest absolute Gasteiger partial charge is 0.469 e. The van der Waals surface area contributed by atoms with Crippen molar-refractivity contribution in [1.82, 2.24) is 0 Å². The van der Waals surface area contributed by atoms with Gasteiger partial charge in [-0.25, -0.2) is 0 Å². The first-order valence-corrected chi connectivity index (χ1v) is 11.0. The third-order valence-electron chi connectivity index (χ3n) is 6.18. The van der Waals surface area contributed by atoms with Crippen molar-refractivity contribution < 1.29 is 28.9 Å². The van der Waals surface area contributed by atoms with E-state index >= 15 is 0 Å². The van der Waals surface area contributed by atoms with Gasteiger partial charge in [0, 0.05) is 32.1 Å². The molecule has 0 amide bonds. The van der Waals surface area contributed by atoms with E-state index in [-0.39, 0.29) is 48.0 Å². The van der Waals surface area contributed by atoms with E-state index in [0.29, 0.717) is 19.3 Å². The number of fused-ring (bicyclic) bond motifs is 1. The molecule has 0 aromatic heterocycles. The van der Waals surface area contributed by atoms with Crippen LogP contribution in [0.3, 0.4) is 0 Å². The Hall–Kier alpha value is -1.84. The van der Waals surface area contributed by atoms with E-state index in [9.17, 15) is 14.7 Å². The lowest BCUT2D eigenvalue weighted by molar-refractivity contribution is -0.148. The fourth-order valence-electron chi connectivity index (χ4n) is 4.51. The first-order valence-electron chi connectivity index (χ1n) is 11.0. The number of esters is 2. The molecule has 2 aliphatic rings. The molecule has 30 heavy (non-hydrogen) atoms. The Balaban J connectivity index is 1.94. The van der Waals surface area contributed by atoms with Crippen LogP contribution in [0.1, 0.15) is 65.7 Å². The van der Waals surface area contributed by atoms with Gasteiger partial charge in [-0.1, -0.05) is 25.5 Å². The minimum atomic E-state index is -0.584. The summed E-state index contributed by atoms with van der Waals surface area (Å²) in [6.07, 6.45) is 8.57. The van der Waals surface area contributed by atoms with Gasteiger partial charge >= 0.3 is 11.9 Å². The molecule has 0 spiro atoms. The maximum Gasteiger partial charge on any atom is 0.305 e. The summed E-state index contributed by atoms with van der Waals surface area (Å²) >= 11 is 0. The van der Waals surface area contributed by atoms with Crippen molar-refractivity contribution >= 4 is 11.9 Å². The lowest BCUT2D eigenvalue weighted by Gasteiger charge is -2.22. The Kier molecular flexibility index (Phi) is 9.87. The first kappa shape index (κ1) is 24.4. The molecule has 1 saturated heterocycles. The molecule has 6 heteroatoms. The fourth-order valence-corrected chi connectivity index (χ4v) is 4.51. The molecular formula is C24H36O6. The van der Waals surface area contributed by atoms with Gasteiger partial charge in [-0.05, 0) is 38.0 Å². The van der Waals surface area contributed by atoms with Gasteiger partial charge in [-0.2, -0.15) is 0 Å². The van der Waals surface area contributed by atoms with Gasteiger partial charge in [-0.15, -0.1) is 11.8 Å². The van der Waals surface area contributed by atoms with Gasteiger partial charge in [0.25, 0.3) is 0 Å². The zero-order valence-corrected chi connectivity index (χ0v) is 18.6. The van der Waals surface area contributed by atoms with Crippen LogP contribution in [-0.2, 0) is 23.8 Å². The zero-order valence-electron chi connectivity index (χ0n) is 18.6. The Morgan fingerprint density at radius 3 is 2.73 bits per heavy atom. The highest BCUT2D eigenvalue weighted by atomic mass is 16.6. The van der Waals surface area contributed by atoms with E-state index in [2.05, 4.69) is 16.6 Å². The molecule has 0 bridgehead atoms. The van der Waals surface area contributed by atoms with Crippen LogP contribution < -0.4 is 0 Å². The summed E-state index contributed by atoms with van der Waals surface area (Å²) in [6, 6.07) is 0. The number of hydrogen-bond donors (Lipinski definition) is 1. The molecule has 0 aromatic rings. The SMILES string of the molecule is CC#CCC(C)[C@H](O)C=C[C@@H]1[C@H]2C[C@@H](CCCCC(=O)OC)O[C@H]2C[C@H]1OC(C)=O. The van der Waals surface area contributed by atoms with Crippen molar-refractivity contribution in [3.8, 4) is 11.8 Å². The van der Waals surface area contributed by atoms with Crippen LogP contribution in [0, 0.1) is 29.6 Å². The third-order valence-corrected chi connectivity index (χ3v) is 6.18. The molecule has 0 radical (unpaired) electrons. The minimum absolute atomic E-state index is 0.0399. The second-order valence-corrected chi connectivity index (χ2v) is 8.46. The van der Waals surface area contributed by atoms with Crippen LogP contribution in [0.5, 0.6) is 0 Å². The van der Waals surface area contributed by atoms with Crippen LogP contribution >= 0.6 is 0 Å². The Morgan fingerprint density at radius 2 is 2.07 bits per heavy atom. The molecule has 7 atom stereocenters. The number of carbonyl (C=O) groups is 2. The second-order valence-electron chi connectivity index (χ2n) is 8.46. The molecule has 1 heterocycles. The lowest BCUT2D eigenvalue weighted by Crippen LogP contribution is -2.25. The predicted octanol–water partition coefficient (Wildman–Crippen LogP) is 3.41. The van der Waals surface area contributed by atoms with Crippen molar-refractivity contribution in [3.63, 3.8) is 0 Å². The van der Waals surface area contributed by atoms with Crippen molar-refractivity contribution in [2.45, 2.75) is 90.1 Å². The zero-order chi connectivity index (χ0) is 22.1. The molecule has 0 aromatic carbocycles. The molecule has 168 valence electrons. The Bertz CT molecular complexity index is 660. The van der Waals surface area contributed by atoms with Gasteiger partial charge in [0.05, 0.1) is 25.4 Å². The summed E-state index contributed by atoms with van der Waals surface area (Å²) in [4.78, 5) is 22.8. The van der Waals surface area contributed by atoms with Gasteiger partial charge in [0.2, 0.25) is 0 Å². The molecule has 1 aliphatic heterocycles. The van der Waals surface area contributed by atoms with Gasteiger partial charge in [-0.3, -0.25) is 9.59 Å². The average molecular weight is 421 g/mol. The summed E-state index contributed by atoms with van der Waals surface area (Å²) in [5.74, 6) is 5.76. The third kappa shape index (κ3) is 7.14. The van der Waals surface area contributed by atoms with Crippen molar-refractivity contribution in [2.75, 3.05) is 7.11 Å². The van der Waals surface area contributed by atoms with Crippen LogP contribution in [0.25, 0.3) is 0 Å². The number of hydrogen-bond acceptors (Lipinski definition) is 6. The number of unbranched alkanes of at least 4 members (excludes halogenated alkanes) is 1. The normalized spacial score (nSPS) is 29.7.